The van der Waals surface area contributed by atoms with Crippen molar-refractivity contribution in [3.05, 3.63) is 24.4 Å². The first kappa shape index (κ1) is 22.0. The van der Waals surface area contributed by atoms with E-state index in [4.69, 9.17) is 0 Å². The van der Waals surface area contributed by atoms with Gasteiger partial charge in [-0.25, -0.2) is 4.98 Å². The molecule has 3 heterocycles. The Balaban J connectivity index is 0.00000156. The average molecular weight is 389 g/mol. The molecule has 0 spiro atoms. The molecule has 7 heteroatoms. The summed E-state index contributed by atoms with van der Waals surface area (Å²) < 4.78 is 0. The Bertz CT molecular complexity index is 491. The van der Waals surface area contributed by atoms with Crippen molar-refractivity contribution in [1.82, 2.24) is 15.6 Å². The number of halogens is 2. The van der Waals surface area contributed by atoms with Crippen molar-refractivity contribution >= 4 is 36.5 Å². The Kier molecular flexibility index (Phi) is 10.2. The van der Waals surface area contributed by atoms with Crippen molar-refractivity contribution in [2.45, 2.75) is 57.0 Å². The first-order valence-electron chi connectivity index (χ1n) is 8.97. The molecule has 142 valence electrons. The van der Waals surface area contributed by atoms with Crippen LogP contribution in [0.2, 0.25) is 0 Å². The fourth-order valence-corrected chi connectivity index (χ4v) is 3.84. The fourth-order valence-electron chi connectivity index (χ4n) is 3.84. The fraction of sp³-hybridized carbons (Fsp3) is 0.667. The van der Waals surface area contributed by atoms with Crippen LogP contribution >= 0.6 is 24.8 Å². The van der Waals surface area contributed by atoms with Gasteiger partial charge in [-0.05, 0) is 56.6 Å². The van der Waals surface area contributed by atoms with Crippen molar-refractivity contribution < 1.29 is 4.79 Å². The van der Waals surface area contributed by atoms with Gasteiger partial charge in [0.15, 0.2) is 0 Å². The van der Waals surface area contributed by atoms with Crippen molar-refractivity contribution in [3.8, 4) is 0 Å². The maximum atomic E-state index is 12.0. The van der Waals surface area contributed by atoms with E-state index in [0.717, 1.165) is 31.7 Å². The molecule has 2 bridgehead atoms. The number of nitrogens with one attached hydrogen (secondary N) is 3. The molecule has 2 saturated heterocycles. The van der Waals surface area contributed by atoms with E-state index in [2.05, 4.69) is 20.9 Å². The van der Waals surface area contributed by atoms with Crippen molar-refractivity contribution in [2.24, 2.45) is 5.92 Å². The van der Waals surface area contributed by atoms with Crippen LogP contribution in [0.1, 0.15) is 44.9 Å². The molecular formula is C18H30Cl2N4O. The van der Waals surface area contributed by atoms with E-state index in [1.807, 2.05) is 18.2 Å². The zero-order chi connectivity index (χ0) is 15.9. The Hall–Kier alpha value is -1.04. The van der Waals surface area contributed by atoms with Gasteiger partial charge in [-0.1, -0.05) is 6.07 Å². The third-order valence-electron chi connectivity index (χ3n) is 4.94. The number of hydrogen-bond donors (Lipinski definition) is 3. The molecule has 3 N–H and O–H groups in total. The number of nitrogens with zero attached hydrogens (tertiary/aromatic N) is 1. The minimum Gasteiger partial charge on any atom is -0.370 e. The second-order valence-corrected chi connectivity index (χ2v) is 6.88. The normalized spacial score (nSPS) is 23.9. The second-order valence-electron chi connectivity index (χ2n) is 6.88. The summed E-state index contributed by atoms with van der Waals surface area (Å²) in [6.45, 7) is 1.67. The van der Waals surface area contributed by atoms with E-state index in [1.165, 1.54) is 25.7 Å². The zero-order valence-electron chi connectivity index (χ0n) is 14.6. The van der Waals surface area contributed by atoms with E-state index < -0.39 is 0 Å². The lowest BCUT2D eigenvalue weighted by Crippen LogP contribution is -2.39. The summed E-state index contributed by atoms with van der Waals surface area (Å²) in [5, 5.41) is 9.99. The van der Waals surface area contributed by atoms with Crippen LogP contribution in [0.3, 0.4) is 0 Å². The number of piperidine rings is 1. The molecular weight excluding hydrogens is 359 g/mol. The molecule has 2 atom stereocenters. The first-order valence-corrected chi connectivity index (χ1v) is 8.97. The molecule has 0 aromatic carbocycles. The van der Waals surface area contributed by atoms with Crippen LogP contribution in [0.4, 0.5) is 5.82 Å². The van der Waals surface area contributed by atoms with Crippen molar-refractivity contribution in [1.29, 1.82) is 0 Å². The lowest BCUT2D eigenvalue weighted by molar-refractivity contribution is -0.122. The van der Waals surface area contributed by atoms with Crippen LogP contribution in [-0.4, -0.2) is 36.1 Å². The van der Waals surface area contributed by atoms with Crippen LogP contribution in [-0.2, 0) is 4.79 Å². The lowest BCUT2D eigenvalue weighted by atomic mass is 9.89. The molecule has 0 aliphatic carbocycles. The highest BCUT2D eigenvalue weighted by molar-refractivity contribution is 5.85. The molecule has 2 aliphatic heterocycles. The Labute approximate surface area is 163 Å². The number of hydrogen-bond acceptors (Lipinski definition) is 4. The van der Waals surface area contributed by atoms with Crippen LogP contribution in [0.15, 0.2) is 24.4 Å². The van der Waals surface area contributed by atoms with Gasteiger partial charge in [0, 0.05) is 37.8 Å². The van der Waals surface area contributed by atoms with Crippen molar-refractivity contribution in [3.63, 3.8) is 0 Å². The topological polar surface area (TPSA) is 66.1 Å². The van der Waals surface area contributed by atoms with Crippen molar-refractivity contribution in [2.75, 3.05) is 18.4 Å². The number of aromatic nitrogens is 1. The summed E-state index contributed by atoms with van der Waals surface area (Å²) in [5.74, 6) is 1.73. The minimum atomic E-state index is 0. The number of rotatable bonds is 8. The summed E-state index contributed by atoms with van der Waals surface area (Å²) in [6, 6.07) is 7.19. The zero-order valence-corrected chi connectivity index (χ0v) is 16.2. The quantitative estimate of drug-likeness (QED) is 0.598. The second kappa shape index (κ2) is 11.6. The van der Waals surface area contributed by atoms with Crippen LogP contribution < -0.4 is 16.0 Å². The van der Waals surface area contributed by atoms with E-state index >= 15 is 0 Å². The number of pyridine rings is 1. The maximum absolute atomic E-state index is 12.0. The predicted molar refractivity (Wildman–Crippen MR) is 107 cm³/mol. The van der Waals surface area contributed by atoms with E-state index in [0.29, 0.717) is 24.4 Å². The predicted octanol–water partition coefficient (Wildman–Crippen LogP) is 3.15. The largest absolute Gasteiger partial charge is 0.370 e. The summed E-state index contributed by atoms with van der Waals surface area (Å²) in [6.07, 6.45) is 9.49. The molecule has 0 saturated carbocycles. The number of carbonyl (C=O) groups is 1. The highest BCUT2D eigenvalue weighted by Gasteiger charge is 2.33. The van der Waals surface area contributed by atoms with Gasteiger partial charge in [-0.3, -0.25) is 4.79 Å². The molecule has 1 aromatic rings. The molecule has 3 rings (SSSR count). The van der Waals surface area contributed by atoms with E-state index in [9.17, 15) is 4.79 Å². The molecule has 2 fully saturated rings. The van der Waals surface area contributed by atoms with Gasteiger partial charge >= 0.3 is 0 Å². The molecule has 2 aliphatic rings. The molecule has 2 unspecified atom stereocenters. The smallest absolute Gasteiger partial charge is 0.220 e. The number of fused-ring (bicyclic) bond motifs is 2. The van der Waals surface area contributed by atoms with Crippen LogP contribution in [0, 0.1) is 5.92 Å². The van der Waals surface area contributed by atoms with Gasteiger partial charge in [-0.2, -0.15) is 0 Å². The average Bonchev–Trinajstić information content (AvgIpc) is 2.90. The maximum Gasteiger partial charge on any atom is 0.220 e. The molecule has 0 radical (unpaired) electrons. The van der Waals surface area contributed by atoms with Gasteiger partial charge in [0.1, 0.15) is 5.82 Å². The summed E-state index contributed by atoms with van der Waals surface area (Å²) in [5.41, 5.74) is 0. The number of amides is 1. The number of unbranched alkanes of at least 4 members (excludes halogenated alkanes) is 1. The van der Waals surface area contributed by atoms with Gasteiger partial charge in [0.05, 0.1) is 0 Å². The lowest BCUT2D eigenvalue weighted by Gasteiger charge is -2.28. The van der Waals surface area contributed by atoms with Crippen LogP contribution in [0.25, 0.3) is 0 Å². The summed E-state index contributed by atoms with van der Waals surface area (Å²) >= 11 is 0. The molecule has 25 heavy (non-hydrogen) atoms. The van der Waals surface area contributed by atoms with E-state index in [1.54, 1.807) is 6.20 Å². The minimum absolute atomic E-state index is 0. The number of anilines is 1. The van der Waals surface area contributed by atoms with Gasteiger partial charge in [-0.15, -0.1) is 24.8 Å². The third-order valence-corrected chi connectivity index (χ3v) is 4.94. The SMILES string of the molecule is Cl.Cl.O=C(CC1CC2CCC(C1)N2)NCCCCNc1ccccn1. The molecule has 1 aromatic heterocycles. The Morgan fingerprint density at radius 3 is 2.52 bits per heavy atom. The Morgan fingerprint density at radius 1 is 1.12 bits per heavy atom. The molecule has 1 amide bonds. The van der Waals surface area contributed by atoms with Gasteiger partial charge in [0.2, 0.25) is 5.91 Å². The van der Waals surface area contributed by atoms with Gasteiger partial charge < -0.3 is 16.0 Å². The Morgan fingerprint density at radius 2 is 1.84 bits per heavy atom. The first-order chi connectivity index (χ1) is 11.3. The van der Waals surface area contributed by atoms with E-state index in [-0.39, 0.29) is 30.7 Å². The standard InChI is InChI=1S/C18H28N4O.2ClH/c23-18(13-14-11-15-6-7-16(12-14)22-15)21-10-4-3-9-20-17-5-1-2-8-19-17;;/h1-2,5,8,14-16,22H,3-4,6-7,9-13H2,(H,19,20)(H,21,23);2*1H. The third kappa shape index (κ3) is 7.38. The van der Waals surface area contributed by atoms with Gasteiger partial charge in [0.25, 0.3) is 0 Å². The number of carbonyl (C=O) groups excluding carboxylic acids is 1. The monoisotopic (exact) mass is 388 g/mol. The highest BCUT2D eigenvalue weighted by Crippen LogP contribution is 2.32. The molecule has 5 nitrogen and oxygen atoms in total. The van der Waals surface area contributed by atoms with Crippen LogP contribution in [0.5, 0.6) is 0 Å². The summed E-state index contributed by atoms with van der Waals surface area (Å²) in [4.78, 5) is 16.3. The highest BCUT2D eigenvalue weighted by atomic mass is 35.5. The summed E-state index contributed by atoms with van der Waals surface area (Å²) in [7, 11) is 0.